The molecule has 1 fully saturated rings. The van der Waals surface area contributed by atoms with Crippen LogP contribution in [0.4, 0.5) is 0 Å². The molecule has 1 aliphatic rings. The van der Waals surface area contributed by atoms with Gasteiger partial charge in [-0.25, -0.2) is 0 Å². The second-order valence-corrected chi connectivity index (χ2v) is 4.05. The van der Waals surface area contributed by atoms with Crippen molar-refractivity contribution in [3.05, 3.63) is 0 Å². The van der Waals surface area contributed by atoms with Gasteiger partial charge in [-0.05, 0) is 33.4 Å². The first-order chi connectivity index (χ1) is 6.56. The molecule has 4 heteroatoms. The number of esters is 1. The number of nitrogens with zero attached hydrogens (tertiary/aromatic N) is 1. The van der Waals surface area contributed by atoms with E-state index in [-0.39, 0.29) is 12.4 Å². The van der Waals surface area contributed by atoms with E-state index in [2.05, 4.69) is 0 Å². The van der Waals surface area contributed by atoms with Gasteiger partial charge in [0.2, 0.25) is 0 Å². The number of carbonyl (C=O) groups excluding carboxylic acids is 1. The van der Waals surface area contributed by atoms with Crippen molar-refractivity contribution in [2.24, 2.45) is 0 Å². The SMILES string of the molecule is CCOC(=O)CC1(O)CCCN(C)C1. The van der Waals surface area contributed by atoms with Crippen LogP contribution in [-0.2, 0) is 9.53 Å². The lowest BCUT2D eigenvalue weighted by atomic mass is 9.90. The van der Waals surface area contributed by atoms with E-state index in [1.165, 1.54) is 0 Å². The number of carbonyl (C=O) groups is 1. The van der Waals surface area contributed by atoms with Gasteiger partial charge in [0.25, 0.3) is 0 Å². The maximum Gasteiger partial charge on any atom is 0.308 e. The largest absolute Gasteiger partial charge is 0.466 e. The van der Waals surface area contributed by atoms with Crippen LogP contribution >= 0.6 is 0 Å². The minimum atomic E-state index is -0.876. The Kier molecular flexibility index (Phi) is 3.89. The number of likely N-dealkylation sites (tertiary alicyclic amines) is 1. The van der Waals surface area contributed by atoms with Crippen molar-refractivity contribution in [2.45, 2.75) is 31.8 Å². The summed E-state index contributed by atoms with van der Waals surface area (Å²) in [6, 6.07) is 0. The Morgan fingerprint density at radius 2 is 2.36 bits per heavy atom. The molecule has 0 bridgehead atoms. The summed E-state index contributed by atoms with van der Waals surface area (Å²) in [6.45, 7) is 3.71. The molecule has 0 radical (unpaired) electrons. The molecule has 0 aromatic carbocycles. The Morgan fingerprint density at radius 3 is 2.93 bits per heavy atom. The smallest absolute Gasteiger partial charge is 0.308 e. The molecule has 0 amide bonds. The quantitative estimate of drug-likeness (QED) is 0.671. The number of aliphatic hydroxyl groups is 1. The van der Waals surface area contributed by atoms with Gasteiger partial charge in [-0.1, -0.05) is 0 Å². The molecule has 0 aromatic heterocycles. The third-order valence-electron chi connectivity index (χ3n) is 2.52. The maximum atomic E-state index is 11.2. The fourth-order valence-electron chi connectivity index (χ4n) is 1.96. The van der Waals surface area contributed by atoms with Crippen LogP contribution in [0.25, 0.3) is 0 Å². The predicted molar refractivity (Wildman–Crippen MR) is 52.9 cm³/mol. The van der Waals surface area contributed by atoms with Crippen molar-refractivity contribution < 1.29 is 14.6 Å². The topological polar surface area (TPSA) is 49.8 Å². The van der Waals surface area contributed by atoms with Crippen molar-refractivity contribution in [1.82, 2.24) is 4.90 Å². The molecular weight excluding hydrogens is 182 g/mol. The summed E-state index contributed by atoms with van der Waals surface area (Å²) in [5.74, 6) is -0.301. The Bertz CT molecular complexity index is 208. The van der Waals surface area contributed by atoms with E-state index in [0.29, 0.717) is 19.6 Å². The van der Waals surface area contributed by atoms with Gasteiger partial charge in [-0.3, -0.25) is 4.79 Å². The van der Waals surface area contributed by atoms with Crippen molar-refractivity contribution in [3.63, 3.8) is 0 Å². The second kappa shape index (κ2) is 4.75. The molecule has 0 aliphatic carbocycles. The van der Waals surface area contributed by atoms with E-state index in [0.717, 1.165) is 13.0 Å². The van der Waals surface area contributed by atoms with Gasteiger partial charge in [0.1, 0.15) is 0 Å². The standard InChI is InChI=1S/C10H19NO3/c1-3-14-9(12)7-10(13)5-4-6-11(2)8-10/h13H,3-8H2,1-2H3. The van der Waals surface area contributed by atoms with Gasteiger partial charge < -0.3 is 14.7 Å². The Balaban J connectivity index is 2.43. The number of piperidine rings is 1. The molecule has 1 atom stereocenters. The Hall–Kier alpha value is -0.610. The highest BCUT2D eigenvalue weighted by Gasteiger charge is 2.34. The van der Waals surface area contributed by atoms with E-state index in [4.69, 9.17) is 4.74 Å². The fourth-order valence-corrected chi connectivity index (χ4v) is 1.96. The molecule has 4 nitrogen and oxygen atoms in total. The van der Waals surface area contributed by atoms with E-state index in [9.17, 15) is 9.90 Å². The summed E-state index contributed by atoms with van der Waals surface area (Å²) in [5.41, 5.74) is -0.876. The molecule has 0 saturated carbocycles. The van der Waals surface area contributed by atoms with Crippen LogP contribution in [0.1, 0.15) is 26.2 Å². The molecule has 0 aromatic rings. The average Bonchev–Trinajstić information content (AvgIpc) is 2.02. The summed E-state index contributed by atoms with van der Waals surface area (Å²) >= 11 is 0. The van der Waals surface area contributed by atoms with Crippen LogP contribution < -0.4 is 0 Å². The minimum absolute atomic E-state index is 0.116. The Morgan fingerprint density at radius 1 is 1.64 bits per heavy atom. The van der Waals surface area contributed by atoms with E-state index in [1.807, 2.05) is 11.9 Å². The van der Waals surface area contributed by atoms with Gasteiger partial charge >= 0.3 is 5.97 Å². The second-order valence-electron chi connectivity index (χ2n) is 4.05. The molecule has 1 aliphatic heterocycles. The van der Waals surface area contributed by atoms with Crippen molar-refractivity contribution in [1.29, 1.82) is 0 Å². The lowest BCUT2D eigenvalue weighted by molar-refractivity contribution is -0.150. The van der Waals surface area contributed by atoms with Crippen LogP contribution in [0.3, 0.4) is 0 Å². The first kappa shape index (κ1) is 11.5. The molecule has 1 N–H and O–H groups in total. The van der Waals surface area contributed by atoms with Crippen molar-refractivity contribution in [2.75, 3.05) is 26.7 Å². The number of hydrogen-bond donors (Lipinski definition) is 1. The van der Waals surface area contributed by atoms with Crippen molar-refractivity contribution >= 4 is 5.97 Å². The zero-order valence-corrected chi connectivity index (χ0v) is 8.95. The summed E-state index contributed by atoms with van der Waals surface area (Å²) in [5, 5.41) is 10.1. The van der Waals surface area contributed by atoms with E-state index < -0.39 is 5.60 Å². The molecule has 0 spiro atoms. The van der Waals surface area contributed by atoms with Gasteiger partial charge in [0, 0.05) is 6.54 Å². The minimum Gasteiger partial charge on any atom is -0.466 e. The lowest BCUT2D eigenvalue weighted by Crippen LogP contribution is -2.47. The van der Waals surface area contributed by atoms with E-state index >= 15 is 0 Å². The maximum absolute atomic E-state index is 11.2. The van der Waals surface area contributed by atoms with E-state index in [1.54, 1.807) is 6.92 Å². The molecule has 82 valence electrons. The first-order valence-electron chi connectivity index (χ1n) is 5.12. The summed E-state index contributed by atoms with van der Waals surface area (Å²) in [7, 11) is 1.95. The van der Waals surface area contributed by atoms with Gasteiger partial charge in [0.15, 0.2) is 0 Å². The third-order valence-corrected chi connectivity index (χ3v) is 2.52. The highest BCUT2D eigenvalue weighted by molar-refractivity contribution is 5.70. The number of hydrogen-bond acceptors (Lipinski definition) is 4. The zero-order chi connectivity index (χ0) is 10.6. The highest BCUT2D eigenvalue weighted by atomic mass is 16.5. The summed E-state index contributed by atoms with van der Waals surface area (Å²) in [4.78, 5) is 13.3. The van der Waals surface area contributed by atoms with Gasteiger partial charge in [-0.15, -0.1) is 0 Å². The van der Waals surface area contributed by atoms with Crippen LogP contribution in [0.15, 0.2) is 0 Å². The first-order valence-corrected chi connectivity index (χ1v) is 5.12. The number of rotatable bonds is 3. The number of β-amino-alcohol motifs (C(OH)–C–C–N with tert-alkyl or cyclic N) is 1. The number of ether oxygens (including phenoxy) is 1. The molecule has 1 saturated heterocycles. The summed E-state index contributed by atoms with van der Waals surface area (Å²) < 4.78 is 4.83. The molecule has 1 unspecified atom stereocenters. The predicted octanol–water partition coefficient (Wildman–Crippen LogP) is 0.396. The Labute approximate surface area is 84.8 Å². The zero-order valence-electron chi connectivity index (χ0n) is 8.95. The van der Waals surface area contributed by atoms with Gasteiger partial charge in [-0.2, -0.15) is 0 Å². The monoisotopic (exact) mass is 201 g/mol. The van der Waals surface area contributed by atoms with Gasteiger partial charge in [0.05, 0.1) is 18.6 Å². The normalized spacial score (nSPS) is 28.8. The average molecular weight is 201 g/mol. The van der Waals surface area contributed by atoms with Crippen LogP contribution in [-0.4, -0.2) is 48.3 Å². The highest BCUT2D eigenvalue weighted by Crippen LogP contribution is 2.23. The fraction of sp³-hybridized carbons (Fsp3) is 0.900. The molecule has 14 heavy (non-hydrogen) atoms. The van der Waals surface area contributed by atoms with Crippen LogP contribution in [0, 0.1) is 0 Å². The lowest BCUT2D eigenvalue weighted by Gasteiger charge is -2.36. The third kappa shape index (κ3) is 3.27. The molecule has 1 heterocycles. The molecule has 1 rings (SSSR count). The molecular formula is C10H19NO3. The van der Waals surface area contributed by atoms with Crippen molar-refractivity contribution in [3.8, 4) is 0 Å². The van der Waals surface area contributed by atoms with Crippen LogP contribution in [0.2, 0.25) is 0 Å². The van der Waals surface area contributed by atoms with Crippen LogP contribution in [0.5, 0.6) is 0 Å². The number of likely N-dealkylation sites (N-methyl/N-ethyl adjacent to an activating group) is 1. The summed E-state index contributed by atoms with van der Waals surface area (Å²) in [6.07, 6.45) is 1.74.